The zero-order valence-corrected chi connectivity index (χ0v) is 69.7. The van der Waals surface area contributed by atoms with Gasteiger partial charge in [-0.25, -0.2) is 72.4 Å². The Labute approximate surface area is 731 Å². The van der Waals surface area contributed by atoms with Crippen LogP contribution in [0.25, 0.3) is 133 Å². The molecule has 0 unspecified atom stereocenters. The normalized spacial score (nSPS) is 11.2. The summed E-state index contributed by atoms with van der Waals surface area (Å²) in [5.41, 5.74) is 38.0. The number of anilines is 4. The third-order valence-electron chi connectivity index (χ3n) is 18.4. The van der Waals surface area contributed by atoms with Crippen molar-refractivity contribution in [3.63, 3.8) is 0 Å². The summed E-state index contributed by atoms with van der Waals surface area (Å²) in [6.07, 6.45) is 11.8. The molecular weight excluding hydrogens is 1730 g/mol. The Kier molecular flexibility index (Phi) is 23.1. The Morgan fingerprint density at radius 1 is 0.400 bits per heavy atom. The van der Waals surface area contributed by atoms with Gasteiger partial charge in [-0.1, -0.05) is 52.5 Å². The SMILES string of the molecule is Cc1ncc(-c2nc(N)c(Oc3ccc(F)cc3)nc2-c2cc(Cl)c3ncccc3c2)s1.Cn1ccc(-c2nc(N)c(Oc3ccc(F)cc3)nc2-c2cc(Cl)c3[nH]ncc3c2)n1.Cn1ccc(-c2nc(N)c(Oc3ccc(F)cc3)nc2-c2cc(Cl)c3ncoc3c2)n1.Cn1ccc(-c2nc(N)c(Oc3ccc(F)cc3)nc2-c2cc(Cl)c3ncsc3c2)n1. The van der Waals surface area contributed by atoms with Crippen LogP contribution in [0.5, 0.6) is 46.5 Å². The molecular formula is C86H58Cl4F4N24O5S2. The van der Waals surface area contributed by atoms with Crippen LogP contribution < -0.4 is 41.9 Å². The van der Waals surface area contributed by atoms with Crippen molar-refractivity contribution in [1.29, 1.82) is 0 Å². The molecule has 0 saturated carbocycles. The third kappa shape index (κ3) is 18.1. The summed E-state index contributed by atoms with van der Waals surface area (Å²) < 4.78 is 87.4. The number of aromatic amines is 1. The summed E-state index contributed by atoms with van der Waals surface area (Å²) in [6, 6.07) is 45.9. The van der Waals surface area contributed by atoms with Gasteiger partial charge in [-0.3, -0.25) is 24.1 Å². The maximum atomic E-state index is 13.3. The predicted octanol–water partition coefficient (Wildman–Crippen LogP) is 21.1. The van der Waals surface area contributed by atoms with E-state index in [0.717, 1.165) is 47.5 Å². The summed E-state index contributed by atoms with van der Waals surface area (Å²) >= 11 is 28.8. The number of benzene rings is 8. The summed E-state index contributed by atoms with van der Waals surface area (Å²) in [7, 11) is 5.41. The molecule has 0 bridgehead atoms. The lowest BCUT2D eigenvalue weighted by Crippen LogP contribution is -2.03. The van der Waals surface area contributed by atoms with Gasteiger partial charge in [-0.15, -0.1) is 22.7 Å². The molecule has 12 heterocycles. The number of ether oxygens (including phenoxy) is 4. The Balaban J connectivity index is 0.000000118. The molecule has 0 spiro atoms. The van der Waals surface area contributed by atoms with Crippen molar-refractivity contribution < 1.29 is 40.9 Å². The topological polar surface area (TPSA) is 391 Å². The first-order chi connectivity index (χ1) is 60.4. The van der Waals surface area contributed by atoms with Gasteiger partial charge in [0.15, 0.2) is 35.2 Å². The van der Waals surface area contributed by atoms with Crippen LogP contribution in [0, 0.1) is 30.2 Å². The fraction of sp³-hybridized carbons (Fsp3) is 0.0465. The summed E-state index contributed by atoms with van der Waals surface area (Å²) in [6.45, 7) is 1.91. The zero-order chi connectivity index (χ0) is 86.8. The first kappa shape index (κ1) is 82.2. The van der Waals surface area contributed by atoms with Crippen molar-refractivity contribution in [2.45, 2.75) is 6.92 Å². The van der Waals surface area contributed by atoms with E-state index < -0.39 is 0 Å². The first-order valence-corrected chi connectivity index (χ1v) is 40.2. The number of nitrogens with one attached hydrogen (secondary N) is 1. The highest BCUT2D eigenvalue weighted by Crippen LogP contribution is 2.44. The molecule has 0 saturated heterocycles. The largest absolute Gasteiger partial charge is 0.443 e. The minimum atomic E-state index is -0.382. The van der Waals surface area contributed by atoms with Gasteiger partial charge < -0.3 is 46.3 Å². The number of aromatic nitrogens is 20. The van der Waals surface area contributed by atoms with Gasteiger partial charge in [0.1, 0.15) is 114 Å². The number of nitrogens with two attached hydrogens (primary N) is 4. The Hall–Kier alpha value is -15.1. The average molecular weight is 1790 g/mol. The lowest BCUT2D eigenvalue weighted by Gasteiger charge is -2.13. The third-order valence-corrected chi connectivity index (χ3v) is 21.3. The number of H-pyrrole nitrogens is 1. The Morgan fingerprint density at radius 3 is 1.23 bits per heavy atom. The number of fused-ring (bicyclic) bond motifs is 4. The van der Waals surface area contributed by atoms with Crippen LogP contribution >= 0.6 is 69.1 Å². The number of hydrogen-bond donors (Lipinski definition) is 5. The van der Waals surface area contributed by atoms with Crippen molar-refractivity contribution in [3.05, 3.63) is 273 Å². The van der Waals surface area contributed by atoms with E-state index in [1.807, 2.05) is 56.4 Å². The molecule has 9 N–H and O–H groups in total. The van der Waals surface area contributed by atoms with Crippen LogP contribution in [0.1, 0.15) is 5.01 Å². The molecule has 620 valence electrons. The van der Waals surface area contributed by atoms with Crippen LogP contribution in [0.15, 0.2) is 229 Å². The van der Waals surface area contributed by atoms with E-state index in [0.29, 0.717) is 133 Å². The summed E-state index contributed by atoms with van der Waals surface area (Å²) in [5, 5.41) is 24.6. The molecule has 29 nitrogen and oxygen atoms in total. The number of hydrogen-bond acceptors (Lipinski definition) is 27. The quantitative estimate of drug-likeness (QED) is 0.0561. The van der Waals surface area contributed by atoms with Gasteiger partial charge in [0.25, 0.3) is 23.5 Å². The predicted molar refractivity (Wildman–Crippen MR) is 472 cm³/mol. The minimum Gasteiger partial charge on any atom is -0.443 e. The molecule has 8 aromatic carbocycles. The van der Waals surface area contributed by atoms with E-state index in [1.165, 1.54) is 126 Å². The number of aryl methyl sites for hydroxylation is 4. The molecule has 125 heavy (non-hydrogen) atoms. The van der Waals surface area contributed by atoms with E-state index >= 15 is 0 Å². The van der Waals surface area contributed by atoms with E-state index in [1.54, 1.807) is 107 Å². The molecule has 39 heteroatoms. The van der Waals surface area contributed by atoms with Crippen LogP contribution in [-0.4, -0.2) is 99.3 Å². The maximum Gasteiger partial charge on any atom is 0.263 e. The van der Waals surface area contributed by atoms with Crippen LogP contribution in [0.4, 0.5) is 40.8 Å². The van der Waals surface area contributed by atoms with E-state index in [4.69, 9.17) is 97.7 Å². The molecule has 12 aromatic heterocycles. The molecule has 0 fully saturated rings. The molecule has 0 aliphatic rings. The smallest absolute Gasteiger partial charge is 0.263 e. The van der Waals surface area contributed by atoms with Crippen LogP contribution in [-0.2, 0) is 21.1 Å². The van der Waals surface area contributed by atoms with E-state index in [2.05, 4.69) is 80.3 Å². The van der Waals surface area contributed by atoms with E-state index in [-0.39, 0.29) is 70.1 Å². The number of nitrogens with zero attached hydrogens (tertiary/aromatic N) is 19. The van der Waals surface area contributed by atoms with Crippen molar-refractivity contribution in [3.8, 4) is 136 Å². The fourth-order valence-corrected chi connectivity index (χ4v) is 15.3. The highest BCUT2D eigenvalue weighted by molar-refractivity contribution is 7.16. The molecule has 0 aliphatic heterocycles. The molecule has 20 rings (SSSR count). The molecule has 20 aromatic rings. The second-order valence-electron chi connectivity index (χ2n) is 27.2. The van der Waals surface area contributed by atoms with Crippen molar-refractivity contribution in [2.75, 3.05) is 22.9 Å². The molecule has 0 radical (unpaired) electrons. The van der Waals surface area contributed by atoms with Crippen molar-refractivity contribution in [1.82, 2.24) is 99.3 Å². The number of nitrogen functional groups attached to an aromatic ring is 4. The lowest BCUT2D eigenvalue weighted by atomic mass is 10.1. The number of pyridine rings is 1. The monoisotopic (exact) mass is 1790 g/mol. The molecule has 0 amide bonds. The van der Waals surface area contributed by atoms with Crippen LogP contribution in [0.2, 0.25) is 20.1 Å². The number of rotatable bonds is 16. The van der Waals surface area contributed by atoms with Gasteiger partial charge >= 0.3 is 0 Å². The van der Waals surface area contributed by atoms with Crippen LogP contribution in [0.3, 0.4) is 0 Å². The van der Waals surface area contributed by atoms with Gasteiger partial charge in [0, 0.05) is 85.2 Å². The summed E-state index contributed by atoms with van der Waals surface area (Å²) in [4.78, 5) is 54.6. The number of halogens is 8. The van der Waals surface area contributed by atoms with Crippen molar-refractivity contribution in [2.24, 2.45) is 21.1 Å². The maximum absolute atomic E-state index is 13.3. The number of oxazole rings is 1. The molecule has 0 aliphatic carbocycles. The lowest BCUT2D eigenvalue weighted by molar-refractivity contribution is 0.462. The van der Waals surface area contributed by atoms with Gasteiger partial charge in [-0.05, 0) is 177 Å². The number of thiazole rings is 2. The van der Waals surface area contributed by atoms with Gasteiger partial charge in [0.2, 0.25) is 0 Å². The minimum absolute atomic E-state index is 0.0561. The summed E-state index contributed by atoms with van der Waals surface area (Å²) in [5.74, 6) is 0.697. The highest BCUT2D eigenvalue weighted by atomic mass is 35.5. The van der Waals surface area contributed by atoms with Crippen molar-refractivity contribution >= 4 is 135 Å². The van der Waals surface area contributed by atoms with Gasteiger partial charge in [0.05, 0.1) is 62.9 Å². The standard InChI is InChI=1S/C23H15ClFN5OS.C21H15ClFN7O.C21H14ClFN6O2.C21H14ClFN6OS/c1-12-28-11-18(32-12)21-20(14-9-13-3-2-8-27-19(13)17(24)10-14)30-23(22(26)29-21)31-16-6-4-15(25)5-7-16;1-30-7-6-16(29-30)19-18(11-8-12-10-25-28-17(12)15(22)9-11)27-21(20(24)26-19)31-14-4-2-13(23)3-5-14;1-29-7-6-15(28-29)19-17(11-8-14(22)18-16(9-11)30-10-25-18)27-21(20(24)26-19)31-13-4-2-12(23)3-5-13;1-29-7-6-15(28-29)19-17(11-8-14(22)18-16(9-11)31-10-25-18)27-21(20(24)26-19)30-13-4-2-12(23)3-5-13/h2-11H,1H3,(H2,26,29);2-10H,1H3,(H2,24,26)(H,25,28);2*2-10H,1H3,(H2,24,26). The van der Waals surface area contributed by atoms with E-state index in [9.17, 15) is 17.6 Å². The second kappa shape index (κ2) is 35.1. The second-order valence-corrected chi connectivity index (χ2v) is 30.9. The highest BCUT2D eigenvalue weighted by Gasteiger charge is 2.27. The Morgan fingerprint density at radius 2 is 0.800 bits per heavy atom. The average Bonchev–Trinajstić information content (AvgIpc) is 1.78. The Bertz CT molecular complexity index is 6930. The zero-order valence-electron chi connectivity index (χ0n) is 65.0. The van der Waals surface area contributed by atoms with Gasteiger partial charge in [-0.2, -0.15) is 20.4 Å². The first-order valence-electron chi connectivity index (χ1n) is 37.0. The molecule has 0 atom stereocenters. The fourth-order valence-electron chi connectivity index (χ4n) is 12.7.